The molecule has 0 unspecified atom stereocenters. The summed E-state index contributed by atoms with van der Waals surface area (Å²) in [5.41, 5.74) is 2.37. The molecule has 0 aliphatic carbocycles. The van der Waals surface area contributed by atoms with Crippen molar-refractivity contribution in [3.05, 3.63) is 51.8 Å². The molecule has 1 amide bonds. The molecule has 0 bridgehead atoms. The SMILES string of the molecule is CCCc1nc(C(=O)NCc2ccc(-c3noc(C)n3)cc2)cs1. The zero-order valence-electron chi connectivity index (χ0n) is 13.6. The number of nitrogens with one attached hydrogen (secondary N) is 1. The molecule has 1 aromatic carbocycles. The number of aryl methyl sites for hydroxylation is 2. The Balaban J connectivity index is 1.58. The summed E-state index contributed by atoms with van der Waals surface area (Å²) in [6.45, 7) is 4.30. The van der Waals surface area contributed by atoms with E-state index in [9.17, 15) is 4.79 Å². The molecule has 7 heteroatoms. The lowest BCUT2D eigenvalue weighted by Crippen LogP contribution is -2.23. The van der Waals surface area contributed by atoms with E-state index in [1.807, 2.05) is 29.6 Å². The number of rotatable bonds is 6. The average Bonchev–Trinajstić information content (AvgIpc) is 3.23. The molecular formula is C17H18N4O2S. The molecule has 0 aliphatic rings. The summed E-state index contributed by atoms with van der Waals surface area (Å²) in [5.74, 6) is 0.951. The fourth-order valence-corrected chi connectivity index (χ4v) is 3.09. The van der Waals surface area contributed by atoms with Crippen LogP contribution < -0.4 is 5.32 Å². The maximum Gasteiger partial charge on any atom is 0.271 e. The minimum Gasteiger partial charge on any atom is -0.347 e. The van der Waals surface area contributed by atoms with Crippen molar-refractivity contribution in [2.75, 3.05) is 0 Å². The first-order chi connectivity index (χ1) is 11.7. The molecular weight excluding hydrogens is 324 g/mol. The Hall–Kier alpha value is -2.54. The van der Waals surface area contributed by atoms with Crippen LogP contribution in [0.25, 0.3) is 11.4 Å². The third kappa shape index (κ3) is 3.86. The van der Waals surface area contributed by atoms with Gasteiger partial charge in [-0.05, 0) is 18.4 Å². The van der Waals surface area contributed by atoms with E-state index in [1.54, 1.807) is 6.92 Å². The number of aromatic nitrogens is 3. The van der Waals surface area contributed by atoms with Crippen LogP contribution in [0, 0.1) is 6.92 Å². The number of amides is 1. The Morgan fingerprint density at radius 2 is 2.04 bits per heavy atom. The minimum absolute atomic E-state index is 0.147. The number of carbonyl (C=O) groups excluding carboxylic acids is 1. The Labute approximate surface area is 143 Å². The molecule has 2 aromatic heterocycles. The van der Waals surface area contributed by atoms with Gasteiger partial charge in [0.05, 0.1) is 5.01 Å². The molecule has 0 spiro atoms. The highest BCUT2D eigenvalue weighted by molar-refractivity contribution is 7.09. The summed E-state index contributed by atoms with van der Waals surface area (Å²) in [5, 5.41) is 9.58. The highest BCUT2D eigenvalue weighted by Crippen LogP contribution is 2.16. The van der Waals surface area contributed by atoms with E-state index >= 15 is 0 Å². The van der Waals surface area contributed by atoms with Crippen LogP contribution in [-0.4, -0.2) is 21.0 Å². The van der Waals surface area contributed by atoms with Crippen molar-refractivity contribution in [1.82, 2.24) is 20.4 Å². The van der Waals surface area contributed by atoms with Gasteiger partial charge in [0.15, 0.2) is 0 Å². The molecule has 3 aromatic rings. The molecule has 124 valence electrons. The number of thiazole rings is 1. The number of benzene rings is 1. The molecule has 0 saturated heterocycles. The molecule has 6 nitrogen and oxygen atoms in total. The van der Waals surface area contributed by atoms with Crippen LogP contribution in [0.1, 0.15) is 40.3 Å². The normalized spacial score (nSPS) is 10.8. The van der Waals surface area contributed by atoms with Crippen molar-refractivity contribution in [2.24, 2.45) is 0 Å². The lowest BCUT2D eigenvalue weighted by atomic mass is 10.1. The van der Waals surface area contributed by atoms with Crippen LogP contribution in [0.2, 0.25) is 0 Å². The Morgan fingerprint density at radius 3 is 2.71 bits per heavy atom. The first kappa shape index (κ1) is 16.3. The molecule has 0 atom stereocenters. The summed E-state index contributed by atoms with van der Waals surface area (Å²) in [7, 11) is 0. The third-order valence-electron chi connectivity index (χ3n) is 3.44. The summed E-state index contributed by atoms with van der Waals surface area (Å²) in [4.78, 5) is 20.7. The van der Waals surface area contributed by atoms with Gasteiger partial charge in [-0.2, -0.15) is 4.98 Å². The fourth-order valence-electron chi connectivity index (χ4n) is 2.20. The zero-order chi connectivity index (χ0) is 16.9. The summed E-state index contributed by atoms with van der Waals surface area (Å²) in [6, 6.07) is 7.69. The predicted molar refractivity (Wildman–Crippen MR) is 91.8 cm³/mol. The van der Waals surface area contributed by atoms with Gasteiger partial charge in [0.2, 0.25) is 11.7 Å². The topological polar surface area (TPSA) is 80.9 Å². The molecule has 0 radical (unpaired) electrons. The molecule has 2 heterocycles. The average molecular weight is 342 g/mol. The van der Waals surface area contributed by atoms with Gasteiger partial charge in [-0.3, -0.25) is 4.79 Å². The number of carbonyl (C=O) groups is 1. The van der Waals surface area contributed by atoms with Crippen LogP contribution >= 0.6 is 11.3 Å². The van der Waals surface area contributed by atoms with E-state index in [0.29, 0.717) is 24.0 Å². The van der Waals surface area contributed by atoms with E-state index in [-0.39, 0.29) is 5.91 Å². The van der Waals surface area contributed by atoms with Gasteiger partial charge in [0.25, 0.3) is 5.91 Å². The first-order valence-corrected chi connectivity index (χ1v) is 8.66. The molecule has 0 aliphatic heterocycles. The second kappa shape index (κ2) is 7.35. The van der Waals surface area contributed by atoms with Crippen molar-refractivity contribution in [2.45, 2.75) is 33.2 Å². The van der Waals surface area contributed by atoms with E-state index in [4.69, 9.17) is 4.52 Å². The van der Waals surface area contributed by atoms with Crippen molar-refractivity contribution >= 4 is 17.2 Å². The maximum atomic E-state index is 12.1. The van der Waals surface area contributed by atoms with Crippen molar-refractivity contribution in [3.8, 4) is 11.4 Å². The predicted octanol–water partition coefficient (Wildman–Crippen LogP) is 3.38. The van der Waals surface area contributed by atoms with E-state index in [2.05, 4.69) is 27.4 Å². The lowest BCUT2D eigenvalue weighted by Gasteiger charge is -2.04. The first-order valence-electron chi connectivity index (χ1n) is 7.78. The summed E-state index contributed by atoms with van der Waals surface area (Å²) < 4.78 is 4.97. The van der Waals surface area contributed by atoms with Gasteiger partial charge < -0.3 is 9.84 Å². The van der Waals surface area contributed by atoms with E-state index in [0.717, 1.165) is 29.0 Å². The molecule has 0 fully saturated rings. The standard InChI is InChI=1S/C17H18N4O2S/c1-3-4-15-20-14(10-24-15)17(22)18-9-12-5-7-13(8-6-12)16-19-11(2)23-21-16/h5-8,10H,3-4,9H2,1-2H3,(H,18,22). The van der Waals surface area contributed by atoms with Gasteiger partial charge in [-0.25, -0.2) is 4.98 Å². The molecule has 24 heavy (non-hydrogen) atoms. The highest BCUT2D eigenvalue weighted by Gasteiger charge is 2.10. The van der Waals surface area contributed by atoms with Crippen molar-refractivity contribution < 1.29 is 9.32 Å². The van der Waals surface area contributed by atoms with Crippen molar-refractivity contribution in [1.29, 1.82) is 0 Å². The Bertz CT molecular complexity index is 823. The zero-order valence-corrected chi connectivity index (χ0v) is 14.4. The summed E-state index contributed by atoms with van der Waals surface area (Å²) >= 11 is 1.53. The smallest absolute Gasteiger partial charge is 0.271 e. The van der Waals surface area contributed by atoms with E-state index < -0.39 is 0 Å². The van der Waals surface area contributed by atoms with E-state index in [1.165, 1.54) is 11.3 Å². The van der Waals surface area contributed by atoms with Gasteiger partial charge in [-0.1, -0.05) is 36.3 Å². The monoisotopic (exact) mass is 342 g/mol. The van der Waals surface area contributed by atoms with Gasteiger partial charge in [0.1, 0.15) is 5.69 Å². The van der Waals surface area contributed by atoms with Crippen LogP contribution in [0.3, 0.4) is 0 Å². The van der Waals surface area contributed by atoms with Crippen LogP contribution in [0.15, 0.2) is 34.2 Å². The molecule has 1 N–H and O–H groups in total. The van der Waals surface area contributed by atoms with Gasteiger partial charge >= 0.3 is 0 Å². The Morgan fingerprint density at radius 1 is 1.25 bits per heavy atom. The summed E-state index contributed by atoms with van der Waals surface area (Å²) in [6.07, 6.45) is 1.94. The second-order valence-corrected chi connectivity index (χ2v) is 6.34. The highest BCUT2D eigenvalue weighted by atomic mass is 32.1. The number of hydrogen-bond donors (Lipinski definition) is 1. The molecule has 3 rings (SSSR count). The van der Waals surface area contributed by atoms with Gasteiger partial charge in [0, 0.05) is 24.4 Å². The third-order valence-corrected chi connectivity index (χ3v) is 4.35. The number of nitrogens with zero attached hydrogens (tertiary/aromatic N) is 3. The largest absolute Gasteiger partial charge is 0.347 e. The van der Waals surface area contributed by atoms with Crippen LogP contribution in [-0.2, 0) is 13.0 Å². The Kier molecular flexibility index (Phi) is 5.00. The number of hydrogen-bond acceptors (Lipinski definition) is 6. The maximum absolute atomic E-state index is 12.1. The van der Waals surface area contributed by atoms with Crippen LogP contribution in [0.5, 0.6) is 0 Å². The minimum atomic E-state index is -0.147. The van der Waals surface area contributed by atoms with Crippen LogP contribution in [0.4, 0.5) is 0 Å². The lowest BCUT2D eigenvalue weighted by molar-refractivity contribution is 0.0946. The van der Waals surface area contributed by atoms with Crippen molar-refractivity contribution in [3.63, 3.8) is 0 Å². The van der Waals surface area contributed by atoms with Gasteiger partial charge in [-0.15, -0.1) is 11.3 Å². The second-order valence-electron chi connectivity index (χ2n) is 5.39. The molecule has 0 saturated carbocycles. The fraction of sp³-hybridized carbons (Fsp3) is 0.294. The quantitative estimate of drug-likeness (QED) is 0.743.